The SMILES string of the molecule is NNC(=O)c1cncc(-c2ccc(OC(F)F)nc2)n1. The van der Waals surface area contributed by atoms with E-state index >= 15 is 0 Å². The van der Waals surface area contributed by atoms with Crippen LogP contribution in [0.5, 0.6) is 5.88 Å². The van der Waals surface area contributed by atoms with Crippen molar-refractivity contribution in [2.24, 2.45) is 5.84 Å². The number of hydrogen-bond donors (Lipinski definition) is 2. The van der Waals surface area contributed by atoms with Crippen LogP contribution >= 0.6 is 0 Å². The fourth-order valence-corrected chi connectivity index (χ4v) is 1.38. The molecule has 2 rings (SSSR count). The minimum absolute atomic E-state index is 0.0258. The van der Waals surface area contributed by atoms with E-state index in [2.05, 4.69) is 19.7 Å². The first-order chi connectivity index (χ1) is 9.60. The zero-order chi connectivity index (χ0) is 14.5. The van der Waals surface area contributed by atoms with E-state index in [9.17, 15) is 13.6 Å². The summed E-state index contributed by atoms with van der Waals surface area (Å²) in [6.45, 7) is -2.94. The predicted octanol–water partition coefficient (Wildman–Crippen LogP) is 0.743. The lowest BCUT2D eigenvalue weighted by molar-refractivity contribution is -0.0528. The van der Waals surface area contributed by atoms with Crippen LogP contribution in [0.15, 0.2) is 30.7 Å². The molecule has 0 aliphatic heterocycles. The molecule has 9 heteroatoms. The molecule has 0 fully saturated rings. The highest BCUT2D eigenvalue weighted by Crippen LogP contribution is 2.18. The fraction of sp³-hybridized carbons (Fsp3) is 0.0909. The number of aromatic nitrogens is 3. The number of nitrogen functional groups attached to an aromatic ring is 1. The summed E-state index contributed by atoms with van der Waals surface area (Å²) >= 11 is 0. The highest BCUT2D eigenvalue weighted by Gasteiger charge is 2.10. The molecule has 104 valence electrons. The van der Waals surface area contributed by atoms with Gasteiger partial charge in [-0.25, -0.2) is 15.8 Å². The van der Waals surface area contributed by atoms with E-state index in [0.29, 0.717) is 11.3 Å². The molecule has 0 radical (unpaired) electrons. The maximum Gasteiger partial charge on any atom is 0.388 e. The second-order valence-corrected chi connectivity index (χ2v) is 3.53. The molecule has 20 heavy (non-hydrogen) atoms. The second kappa shape index (κ2) is 5.97. The molecule has 2 heterocycles. The quantitative estimate of drug-likeness (QED) is 0.487. The average Bonchev–Trinajstić information content (AvgIpc) is 2.47. The number of carbonyl (C=O) groups excluding carboxylic acids is 1. The maximum absolute atomic E-state index is 12.0. The Kier molecular flexibility index (Phi) is 4.11. The first-order valence-corrected chi connectivity index (χ1v) is 5.34. The Morgan fingerprint density at radius 1 is 1.30 bits per heavy atom. The number of hydrogen-bond acceptors (Lipinski definition) is 6. The van der Waals surface area contributed by atoms with Crippen molar-refractivity contribution in [2.45, 2.75) is 6.61 Å². The van der Waals surface area contributed by atoms with Crippen molar-refractivity contribution in [3.63, 3.8) is 0 Å². The Hall–Kier alpha value is -2.68. The summed E-state index contributed by atoms with van der Waals surface area (Å²) < 4.78 is 28.1. The molecule has 0 aliphatic carbocycles. The van der Waals surface area contributed by atoms with Gasteiger partial charge in [0.2, 0.25) is 5.88 Å². The summed E-state index contributed by atoms with van der Waals surface area (Å²) in [6.07, 6.45) is 3.93. The van der Waals surface area contributed by atoms with Gasteiger partial charge in [0.05, 0.1) is 18.1 Å². The molecule has 0 atom stereocenters. The lowest BCUT2D eigenvalue weighted by atomic mass is 10.2. The number of nitrogens with two attached hydrogens (primary N) is 1. The molecule has 0 bridgehead atoms. The number of ether oxygens (including phenoxy) is 1. The molecule has 0 saturated heterocycles. The Labute approximate surface area is 111 Å². The smallest absolute Gasteiger partial charge is 0.388 e. The number of nitrogens with zero attached hydrogens (tertiary/aromatic N) is 3. The Morgan fingerprint density at radius 2 is 2.10 bits per heavy atom. The van der Waals surface area contributed by atoms with Crippen LogP contribution < -0.4 is 16.0 Å². The standard InChI is InChI=1S/C11H9F2N5O2/c12-11(13)20-9-2-1-6(3-16-9)7-4-15-5-8(17-7)10(19)18-14/h1-5,11H,14H2,(H,18,19). The van der Waals surface area contributed by atoms with E-state index in [1.54, 1.807) is 0 Å². The third-order valence-corrected chi connectivity index (χ3v) is 2.24. The van der Waals surface area contributed by atoms with E-state index in [1.165, 1.54) is 30.7 Å². The molecule has 3 N–H and O–H groups in total. The Morgan fingerprint density at radius 3 is 2.70 bits per heavy atom. The summed E-state index contributed by atoms with van der Waals surface area (Å²) in [4.78, 5) is 22.9. The Balaban J connectivity index is 2.25. The van der Waals surface area contributed by atoms with Gasteiger partial charge in [-0.05, 0) is 6.07 Å². The largest absolute Gasteiger partial charge is 0.417 e. The number of pyridine rings is 1. The molecule has 1 amide bonds. The topological polar surface area (TPSA) is 103 Å². The van der Waals surface area contributed by atoms with Gasteiger partial charge in [-0.3, -0.25) is 15.2 Å². The minimum atomic E-state index is -2.94. The van der Waals surface area contributed by atoms with Crippen LogP contribution in [0.25, 0.3) is 11.3 Å². The summed E-state index contributed by atoms with van der Waals surface area (Å²) in [7, 11) is 0. The lowest BCUT2D eigenvalue weighted by Crippen LogP contribution is -2.30. The average molecular weight is 281 g/mol. The van der Waals surface area contributed by atoms with Crippen molar-refractivity contribution in [1.82, 2.24) is 20.4 Å². The first kappa shape index (κ1) is 13.7. The van der Waals surface area contributed by atoms with Crippen molar-refractivity contribution in [1.29, 1.82) is 0 Å². The van der Waals surface area contributed by atoms with Crippen molar-refractivity contribution in [3.05, 3.63) is 36.4 Å². The van der Waals surface area contributed by atoms with Crippen molar-refractivity contribution < 1.29 is 18.3 Å². The van der Waals surface area contributed by atoms with Gasteiger partial charge in [0.15, 0.2) is 0 Å². The monoisotopic (exact) mass is 281 g/mol. The minimum Gasteiger partial charge on any atom is -0.417 e. The van der Waals surface area contributed by atoms with Crippen LogP contribution in [0, 0.1) is 0 Å². The third kappa shape index (κ3) is 3.20. The van der Waals surface area contributed by atoms with E-state index in [0.717, 1.165) is 0 Å². The zero-order valence-corrected chi connectivity index (χ0v) is 9.96. The van der Waals surface area contributed by atoms with E-state index in [-0.39, 0.29) is 11.6 Å². The lowest BCUT2D eigenvalue weighted by Gasteiger charge is -2.05. The van der Waals surface area contributed by atoms with Gasteiger partial charge >= 0.3 is 6.61 Å². The summed E-state index contributed by atoms with van der Waals surface area (Å²) in [6, 6.07) is 2.73. The van der Waals surface area contributed by atoms with Crippen LogP contribution in [-0.2, 0) is 0 Å². The number of carbonyl (C=O) groups is 1. The summed E-state index contributed by atoms with van der Waals surface area (Å²) in [5.41, 5.74) is 2.80. The second-order valence-electron chi connectivity index (χ2n) is 3.53. The molecular formula is C11H9F2N5O2. The van der Waals surface area contributed by atoms with Crippen molar-refractivity contribution >= 4 is 5.91 Å². The molecule has 7 nitrogen and oxygen atoms in total. The number of halogens is 2. The van der Waals surface area contributed by atoms with Crippen LogP contribution in [-0.4, -0.2) is 27.5 Å². The van der Waals surface area contributed by atoms with Crippen LogP contribution in [0.4, 0.5) is 8.78 Å². The third-order valence-electron chi connectivity index (χ3n) is 2.24. The van der Waals surface area contributed by atoms with Crippen LogP contribution in [0.2, 0.25) is 0 Å². The van der Waals surface area contributed by atoms with E-state index in [1.807, 2.05) is 5.43 Å². The van der Waals surface area contributed by atoms with Crippen molar-refractivity contribution in [3.8, 4) is 17.1 Å². The van der Waals surface area contributed by atoms with Crippen LogP contribution in [0.1, 0.15) is 10.5 Å². The van der Waals surface area contributed by atoms with Gasteiger partial charge in [0.1, 0.15) is 5.69 Å². The summed E-state index contributed by atoms with van der Waals surface area (Å²) in [5.74, 6) is 4.18. The predicted molar refractivity (Wildman–Crippen MR) is 63.5 cm³/mol. The van der Waals surface area contributed by atoms with Gasteiger partial charge in [-0.1, -0.05) is 0 Å². The maximum atomic E-state index is 12.0. The molecule has 2 aromatic heterocycles. The van der Waals surface area contributed by atoms with E-state index < -0.39 is 12.5 Å². The molecular weight excluding hydrogens is 272 g/mol. The number of alkyl halides is 2. The molecule has 0 saturated carbocycles. The van der Waals surface area contributed by atoms with Gasteiger partial charge in [0.25, 0.3) is 5.91 Å². The summed E-state index contributed by atoms with van der Waals surface area (Å²) in [5, 5.41) is 0. The van der Waals surface area contributed by atoms with Gasteiger partial charge in [-0.15, -0.1) is 0 Å². The fourth-order valence-electron chi connectivity index (χ4n) is 1.38. The van der Waals surface area contributed by atoms with Crippen molar-refractivity contribution in [2.75, 3.05) is 0 Å². The zero-order valence-electron chi connectivity index (χ0n) is 9.96. The normalized spacial score (nSPS) is 10.4. The van der Waals surface area contributed by atoms with Gasteiger partial charge < -0.3 is 4.74 Å². The number of hydrazine groups is 1. The number of amides is 1. The number of rotatable bonds is 4. The van der Waals surface area contributed by atoms with Gasteiger partial charge in [0, 0.05) is 17.8 Å². The number of nitrogens with one attached hydrogen (secondary N) is 1. The van der Waals surface area contributed by atoms with E-state index in [4.69, 9.17) is 5.84 Å². The highest BCUT2D eigenvalue weighted by molar-refractivity contribution is 5.91. The van der Waals surface area contributed by atoms with Crippen LogP contribution in [0.3, 0.4) is 0 Å². The highest BCUT2D eigenvalue weighted by atomic mass is 19.3. The molecule has 2 aromatic rings. The first-order valence-electron chi connectivity index (χ1n) is 5.34. The molecule has 0 unspecified atom stereocenters. The molecule has 0 aromatic carbocycles. The Bertz CT molecular complexity index is 606. The van der Waals surface area contributed by atoms with Gasteiger partial charge in [-0.2, -0.15) is 8.78 Å². The molecule has 0 spiro atoms. The molecule has 0 aliphatic rings.